The molecule has 4 rings (SSSR count). The molecule has 122 valence electrons. The predicted octanol–water partition coefficient (Wildman–Crippen LogP) is 2.23. The Hall–Kier alpha value is -1.30. The second-order valence-corrected chi connectivity index (χ2v) is 7.64. The normalized spacial score (nSPS) is 34.0. The van der Waals surface area contributed by atoms with Crippen molar-refractivity contribution in [2.75, 3.05) is 13.1 Å². The van der Waals surface area contributed by atoms with Crippen LogP contribution >= 0.6 is 23.2 Å². The topological polar surface area (TPSA) is 69.6 Å². The van der Waals surface area contributed by atoms with Crippen LogP contribution in [0.4, 0.5) is 0 Å². The van der Waals surface area contributed by atoms with Gasteiger partial charge in [0.05, 0.1) is 21.9 Å². The number of carbonyl (C=O) groups is 2. The van der Waals surface area contributed by atoms with E-state index in [0.29, 0.717) is 28.9 Å². The van der Waals surface area contributed by atoms with Crippen molar-refractivity contribution in [3.63, 3.8) is 0 Å². The third-order valence-electron chi connectivity index (χ3n) is 5.51. The lowest BCUT2D eigenvalue weighted by molar-refractivity contribution is -0.136. The molecule has 1 aromatic carbocycles. The summed E-state index contributed by atoms with van der Waals surface area (Å²) in [7, 11) is 0. The fourth-order valence-corrected chi connectivity index (χ4v) is 4.28. The van der Waals surface area contributed by atoms with Crippen molar-refractivity contribution in [1.29, 1.82) is 0 Å². The van der Waals surface area contributed by atoms with Gasteiger partial charge < -0.3 is 4.90 Å². The SMILES string of the molecule is O=C(NO)[C@H]1C[C@@H]1C(=O)N1C[C@H]2C[C@@]2(c2ccc(Cl)c(Cl)c2)C1. The van der Waals surface area contributed by atoms with Crippen LogP contribution in [0, 0.1) is 17.8 Å². The minimum atomic E-state index is -0.466. The summed E-state index contributed by atoms with van der Waals surface area (Å²) >= 11 is 12.1. The average Bonchev–Trinajstić information content (AvgIpc) is 3.45. The maximum Gasteiger partial charge on any atom is 0.247 e. The Balaban J connectivity index is 1.47. The number of hydroxylamine groups is 1. The number of nitrogens with one attached hydrogen (secondary N) is 1. The van der Waals surface area contributed by atoms with Crippen molar-refractivity contribution in [2.24, 2.45) is 17.8 Å². The Morgan fingerprint density at radius 1 is 1.26 bits per heavy atom. The Bertz CT molecular complexity index is 711. The largest absolute Gasteiger partial charge is 0.341 e. The molecular weight excluding hydrogens is 339 g/mol. The minimum absolute atomic E-state index is 0.00644. The average molecular weight is 355 g/mol. The fraction of sp³-hybridized carbons (Fsp3) is 0.500. The van der Waals surface area contributed by atoms with E-state index in [-0.39, 0.29) is 23.2 Å². The Morgan fingerprint density at radius 3 is 2.74 bits per heavy atom. The monoisotopic (exact) mass is 354 g/mol. The zero-order valence-electron chi connectivity index (χ0n) is 12.3. The first-order chi connectivity index (χ1) is 11.0. The molecule has 4 atom stereocenters. The summed E-state index contributed by atoms with van der Waals surface area (Å²) in [4.78, 5) is 25.7. The van der Waals surface area contributed by atoms with Gasteiger partial charge in [0.15, 0.2) is 0 Å². The van der Waals surface area contributed by atoms with Crippen LogP contribution in [0.1, 0.15) is 18.4 Å². The van der Waals surface area contributed by atoms with Crippen molar-refractivity contribution in [3.8, 4) is 0 Å². The molecule has 1 heterocycles. The molecule has 1 aromatic rings. The summed E-state index contributed by atoms with van der Waals surface area (Å²) in [6.45, 7) is 1.39. The van der Waals surface area contributed by atoms with E-state index >= 15 is 0 Å². The van der Waals surface area contributed by atoms with E-state index < -0.39 is 5.91 Å². The zero-order valence-corrected chi connectivity index (χ0v) is 13.8. The molecule has 1 saturated heterocycles. The summed E-state index contributed by atoms with van der Waals surface area (Å²) in [5, 5.41) is 9.72. The lowest BCUT2D eigenvalue weighted by Gasteiger charge is -2.22. The fourth-order valence-electron chi connectivity index (χ4n) is 3.98. The highest BCUT2D eigenvalue weighted by atomic mass is 35.5. The molecule has 2 amide bonds. The zero-order chi connectivity index (χ0) is 16.4. The standard InChI is InChI=1S/C16H16Cl2N2O3/c17-12-2-1-8(3-13(12)18)16-5-9(16)6-20(7-16)15(22)11-4-10(11)14(21)19-23/h1-3,9-11,23H,4-7H2,(H,19,21)/t9-,10+,11+,16+/m1/s1. The Morgan fingerprint density at radius 2 is 2.04 bits per heavy atom. The summed E-state index contributed by atoms with van der Waals surface area (Å²) < 4.78 is 0. The third kappa shape index (κ3) is 2.33. The smallest absolute Gasteiger partial charge is 0.247 e. The molecule has 2 N–H and O–H groups in total. The molecule has 7 heteroatoms. The highest BCUT2D eigenvalue weighted by Gasteiger charge is 2.63. The van der Waals surface area contributed by atoms with Gasteiger partial charge in [-0.1, -0.05) is 29.3 Å². The molecule has 2 aliphatic carbocycles. The molecule has 0 bridgehead atoms. The molecule has 0 spiro atoms. The highest BCUT2D eigenvalue weighted by molar-refractivity contribution is 6.42. The number of hydrogen-bond acceptors (Lipinski definition) is 3. The first kappa shape index (κ1) is 15.2. The maximum atomic E-state index is 12.5. The minimum Gasteiger partial charge on any atom is -0.341 e. The summed E-state index contributed by atoms with van der Waals surface area (Å²) in [5.41, 5.74) is 2.75. The molecule has 23 heavy (non-hydrogen) atoms. The molecule has 0 aromatic heterocycles. The van der Waals surface area contributed by atoms with Crippen molar-refractivity contribution in [2.45, 2.75) is 18.3 Å². The lowest BCUT2D eigenvalue weighted by atomic mass is 9.95. The molecule has 3 aliphatic rings. The van der Waals surface area contributed by atoms with E-state index in [2.05, 4.69) is 0 Å². The van der Waals surface area contributed by atoms with Crippen LogP contribution in [0.15, 0.2) is 18.2 Å². The van der Waals surface area contributed by atoms with Crippen LogP contribution < -0.4 is 5.48 Å². The van der Waals surface area contributed by atoms with E-state index in [1.165, 1.54) is 0 Å². The Kier molecular flexibility index (Phi) is 3.38. The number of rotatable bonds is 3. The highest BCUT2D eigenvalue weighted by Crippen LogP contribution is 2.60. The van der Waals surface area contributed by atoms with Crippen LogP contribution in [-0.2, 0) is 15.0 Å². The summed E-state index contributed by atoms with van der Waals surface area (Å²) in [6.07, 6.45) is 1.58. The van der Waals surface area contributed by atoms with Crippen LogP contribution in [0.25, 0.3) is 0 Å². The second-order valence-electron chi connectivity index (χ2n) is 6.83. The molecule has 0 unspecified atom stereocenters. The van der Waals surface area contributed by atoms with E-state index in [4.69, 9.17) is 28.4 Å². The van der Waals surface area contributed by atoms with Gasteiger partial charge >= 0.3 is 0 Å². The number of amides is 2. The number of carbonyl (C=O) groups excluding carboxylic acids is 2. The van der Waals surface area contributed by atoms with Crippen LogP contribution in [-0.4, -0.2) is 35.0 Å². The van der Waals surface area contributed by atoms with Gasteiger partial charge in [-0.15, -0.1) is 0 Å². The van der Waals surface area contributed by atoms with E-state index in [1.807, 2.05) is 17.0 Å². The van der Waals surface area contributed by atoms with Gasteiger partial charge in [0.1, 0.15) is 0 Å². The van der Waals surface area contributed by atoms with Gasteiger partial charge in [-0.3, -0.25) is 14.8 Å². The van der Waals surface area contributed by atoms with Crippen LogP contribution in [0.5, 0.6) is 0 Å². The van der Waals surface area contributed by atoms with Crippen LogP contribution in [0.2, 0.25) is 10.0 Å². The number of piperidine rings is 1. The van der Waals surface area contributed by atoms with Crippen molar-refractivity contribution in [1.82, 2.24) is 10.4 Å². The number of nitrogens with zero attached hydrogens (tertiary/aromatic N) is 1. The molecular formula is C16H16Cl2N2O3. The molecule has 5 nitrogen and oxygen atoms in total. The van der Waals surface area contributed by atoms with Gasteiger partial charge in [0.25, 0.3) is 0 Å². The number of likely N-dealkylation sites (tertiary alicyclic amines) is 1. The predicted molar refractivity (Wildman–Crippen MR) is 84.4 cm³/mol. The molecule has 1 aliphatic heterocycles. The van der Waals surface area contributed by atoms with Gasteiger partial charge in [-0.05, 0) is 36.5 Å². The number of benzene rings is 1. The number of fused-ring (bicyclic) bond motifs is 1. The van der Waals surface area contributed by atoms with Crippen molar-refractivity contribution < 1.29 is 14.8 Å². The van der Waals surface area contributed by atoms with Gasteiger partial charge in [-0.2, -0.15) is 0 Å². The number of halogens is 2. The second kappa shape index (κ2) is 5.10. The molecule has 2 saturated carbocycles. The summed E-state index contributed by atoms with van der Waals surface area (Å²) in [5.74, 6) is -0.666. The first-order valence-electron chi connectivity index (χ1n) is 7.64. The maximum absolute atomic E-state index is 12.5. The van der Waals surface area contributed by atoms with Crippen molar-refractivity contribution >= 4 is 35.0 Å². The first-order valence-corrected chi connectivity index (χ1v) is 8.40. The lowest BCUT2D eigenvalue weighted by Crippen LogP contribution is -2.35. The van der Waals surface area contributed by atoms with E-state index in [9.17, 15) is 9.59 Å². The Labute approximate surface area is 143 Å². The number of hydrogen-bond donors (Lipinski definition) is 2. The quantitative estimate of drug-likeness (QED) is 0.645. The summed E-state index contributed by atoms with van der Waals surface area (Å²) in [6, 6.07) is 5.69. The van der Waals surface area contributed by atoms with E-state index in [0.717, 1.165) is 18.5 Å². The van der Waals surface area contributed by atoms with Gasteiger partial charge in [-0.25, -0.2) is 5.48 Å². The van der Waals surface area contributed by atoms with Crippen molar-refractivity contribution in [3.05, 3.63) is 33.8 Å². The van der Waals surface area contributed by atoms with Gasteiger partial charge in [0, 0.05) is 18.5 Å². The van der Waals surface area contributed by atoms with Crippen LogP contribution in [0.3, 0.4) is 0 Å². The van der Waals surface area contributed by atoms with Gasteiger partial charge in [0.2, 0.25) is 11.8 Å². The third-order valence-corrected chi connectivity index (χ3v) is 6.25. The molecule has 0 radical (unpaired) electrons. The van der Waals surface area contributed by atoms with E-state index in [1.54, 1.807) is 11.5 Å². The molecule has 3 fully saturated rings.